The largest absolute Gasteiger partial charge is 0.507 e. The first-order valence-electron chi connectivity index (χ1n) is 12.6. The van der Waals surface area contributed by atoms with E-state index < -0.39 is 6.04 Å². The zero-order valence-electron chi connectivity index (χ0n) is 20.7. The molecule has 2 aromatic heterocycles. The van der Waals surface area contributed by atoms with Gasteiger partial charge < -0.3 is 14.7 Å². The van der Waals surface area contributed by atoms with Gasteiger partial charge in [0.1, 0.15) is 22.9 Å². The van der Waals surface area contributed by atoms with Crippen molar-refractivity contribution in [3.8, 4) is 22.8 Å². The molecule has 0 spiro atoms. The van der Waals surface area contributed by atoms with Gasteiger partial charge in [-0.3, -0.25) is 14.9 Å². The molecule has 0 fully saturated rings. The van der Waals surface area contributed by atoms with E-state index in [4.69, 9.17) is 16.3 Å². The molecule has 1 aliphatic heterocycles. The Balaban J connectivity index is 1.50. The van der Waals surface area contributed by atoms with Gasteiger partial charge in [0.15, 0.2) is 0 Å². The summed E-state index contributed by atoms with van der Waals surface area (Å²) in [5, 5.41) is 18.4. The van der Waals surface area contributed by atoms with Crippen molar-refractivity contribution in [3.63, 3.8) is 0 Å². The number of H-pyrrole nitrogens is 1. The number of halogens is 1. The molecule has 1 atom stereocenters. The molecule has 0 aliphatic carbocycles. The Kier molecular flexibility index (Phi) is 7.42. The van der Waals surface area contributed by atoms with Crippen LogP contribution in [0.3, 0.4) is 0 Å². The van der Waals surface area contributed by atoms with Gasteiger partial charge in [0, 0.05) is 35.1 Å². The van der Waals surface area contributed by atoms with E-state index >= 15 is 0 Å². The van der Waals surface area contributed by atoms with Crippen LogP contribution in [0.5, 0.6) is 11.5 Å². The summed E-state index contributed by atoms with van der Waals surface area (Å²) in [6.07, 6.45) is 8.05. The molecule has 190 valence electrons. The van der Waals surface area contributed by atoms with Crippen LogP contribution in [0.1, 0.15) is 65.8 Å². The number of benzene rings is 2. The van der Waals surface area contributed by atoms with Gasteiger partial charge in [-0.05, 0) is 53.9 Å². The van der Waals surface area contributed by atoms with E-state index in [0.29, 0.717) is 40.7 Å². The summed E-state index contributed by atoms with van der Waals surface area (Å²) in [4.78, 5) is 19.6. The minimum atomic E-state index is -0.423. The van der Waals surface area contributed by atoms with Crippen LogP contribution in [0.4, 0.5) is 0 Å². The van der Waals surface area contributed by atoms with Crippen molar-refractivity contribution in [2.24, 2.45) is 0 Å². The first kappa shape index (κ1) is 24.8. The summed E-state index contributed by atoms with van der Waals surface area (Å²) >= 11 is 6.24. The lowest BCUT2D eigenvalue weighted by Crippen LogP contribution is -2.29. The standard InChI is InChI=1S/C29H29ClN4O3/c1-2-3-4-5-15-37-22-11-8-20(9-12-22)28-25-26(23-16-21(30)10-13-24(23)35)32-33-27(25)29(36)34(28)18-19-7-6-14-31-17-19/h6-14,16-17,28,35H,2-5,15,18H2,1H3,(H,32,33). The van der Waals surface area contributed by atoms with Crippen LogP contribution in [0.25, 0.3) is 11.3 Å². The minimum absolute atomic E-state index is 0.0439. The molecule has 2 aromatic carbocycles. The molecule has 0 radical (unpaired) electrons. The van der Waals surface area contributed by atoms with Gasteiger partial charge in [0.25, 0.3) is 5.91 Å². The Bertz CT molecular complexity index is 1370. The van der Waals surface area contributed by atoms with Gasteiger partial charge in [0.2, 0.25) is 0 Å². The average Bonchev–Trinajstić information content (AvgIpc) is 3.45. The molecular formula is C29H29ClN4O3. The molecular weight excluding hydrogens is 488 g/mol. The van der Waals surface area contributed by atoms with Crippen molar-refractivity contribution in [1.29, 1.82) is 0 Å². The fourth-order valence-corrected chi connectivity index (χ4v) is 4.94. The molecule has 0 bridgehead atoms. The summed E-state index contributed by atoms with van der Waals surface area (Å²) in [7, 11) is 0. The predicted octanol–water partition coefficient (Wildman–Crippen LogP) is 6.54. The van der Waals surface area contributed by atoms with Crippen LogP contribution in [0.15, 0.2) is 67.0 Å². The zero-order valence-corrected chi connectivity index (χ0v) is 21.4. The third kappa shape index (κ3) is 5.18. The van der Waals surface area contributed by atoms with Crippen molar-refractivity contribution in [3.05, 3.63) is 94.4 Å². The number of hydrogen-bond donors (Lipinski definition) is 2. The van der Waals surface area contributed by atoms with Gasteiger partial charge in [-0.25, -0.2) is 0 Å². The van der Waals surface area contributed by atoms with E-state index in [1.807, 2.05) is 36.4 Å². The number of aromatic amines is 1. The number of aromatic hydroxyl groups is 1. The molecule has 0 saturated carbocycles. The zero-order chi connectivity index (χ0) is 25.8. The van der Waals surface area contributed by atoms with Crippen molar-refractivity contribution in [2.75, 3.05) is 6.61 Å². The van der Waals surface area contributed by atoms with Crippen LogP contribution < -0.4 is 4.74 Å². The Morgan fingerprint density at radius 1 is 1.11 bits per heavy atom. The van der Waals surface area contributed by atoms with E-state index in [9.17, 15) is 9.90 Å². The summed E-state index contributed by atoms with van der Waals surface area (Å²) in [5.74, 6) is 0.673. The van der Waals surface area contributed by atoms with E-state index in [0.717, 1.165) is 29.7 Å². The smallest absolute Gasteiger partial charge is 0.273 e. The summed E-state index contributed by atoms with van der Waals surface area (Å²) in [6, 6.07) is 16.0. The first-order valence-corrected chi connectivity index (χ1v) is 12.9. The summed E-state index contributed by atoms with van der Waals surface area (Å²) < 4.78 is 5.94. The quantitative estimate of drug-likeness (QED) is 0.234. The SMILES string of the molecule is CCCCCCOc1ccc(C2c3c(-c4cc(Cl)ccc4O)n[nH]c3C(=O)N2Cc2cccnc2)cc1. The molecule has 37 heavy (non-hydrogen) atoms. The number of unbranched alkanes of at least 4 members (excludes halogenated alkanes) is 3. The first-order chi connectivity index (χ1) is 18.1. The number of ether oxygens (including phenoxy) is 1. The van der Waals surface area contributed by atoms with Crippen LogP contribution >= 0.6 is 11.6 Å². The number of phenolic OH excluding ortho intramolecular Hbond substituents is 1. The molecule has 4 aromatic rings. The lowest BCUT2D eigenvalue weighted by Gasteiger charge is -2.26. The fourth-order valence-electron chi connectivity index (χ4n) is 4.76. The fraction of sp³-hybridized carbons (Fsp3) is 0.276. The molecule has 1 unspecified atom stereocenters. The summed E-state index contributed by atoms with van der Waals surface area (Å²) in [5.41, 5.74) is 3.91. The lowest BCUT2D eigenvalue weighted by atomic mass is 9.95. The number of fused-ring (bicyclic) bond motifs is 1. The van der Waals surface area contributed by atoms with Gasteiger partial charge in [-0.1, -0.05) is 56.0 Å². The lowest BCUT2D eigenvalue weighted by molar-refractivity contribution is 0.0730. The molecule has 7 nitrogen and oxygen atoms in total. The van der Waals surface area contributed by atoms with E-state index in [2.05, 4.69) is 22.1 Å². The number of hydrogen-bond acceptors (Lipinski definition) is 5. The molecule has 5 rings (SSSR count). The van der Waals surface area contributed by atoms with Crippen molar-refractivity contribution in [2.45, 2.75) is 45.2 Å². The van der Waals surface area contributed by atoms with Crippen LogP contribution in [0, 0.1) is 0 Å². The van der Waals surface area contributed by atoms with Crippen molar-refractivity contribution in [1.82, 2.24) is 20.1 Å². The normalized spacial score (nSPS) is 14.7. The second-order valence-corrected chi connectivity index (χ2v) is 9.63. The van der Waals surface area contributed by atoms with E-state index in [1.54, 1.807) is 29.4 Å². The third-order valence-corrected chi connectivity index (χ3v) is 6.85. The molecule has 1 aliphatic rings. The second kappa shape index (κ2) is 11.0. The topological polar surface area (TPSA) is 91.3 Å². The van der Waals surface area contributed by atoms with Crippen molar-refractivity contribution < 1.29 is 14.6 Å². The maximum atomic E-state index is 13.6. The number of aromatic nitrogens is 3. The maximum Gasteiger partial charge on any atom is 0.273 e. The molecule has 0 saturated heterocycles. The maximum absolute atomic E-state index is 13.6. The van der Waals surface area contributed by atoms with Crippen LogP contribution in [-0.2, 0) is 6.54 Å². The van der Waals surface area contributed by atoms with Gasteiger partial charge >= 0.3 is 0 Å². The molecule has 1 amide bonds. The summed E-state index contributed by atoms with van der Waals surface area (Å²) in [6.45, 7) is 3.24. The van der Waals surface area contributed by atoms with E-state index in [1.165, 1.54) is 18.9 Å². The number of carbonyl (C=O) groups excluding carboxylic acids is 1. The second-order valence-electron chi connectivity index (χ2n) is 9.20. The van der Waals surface area contributed by atoms with Gasteiger partial charge in [-0.15, -0.1) is 0 Å². The Labute approximate surface area is 221 Å². The highest BCUT2D eigenvalue weighted by Crippen LogP contribution is 2.45. The Morgan fingerprint density at radius 2 is 1.95 bits per heavy atom. The number of rotatable bonds is 10. The van der Waals surface area contributed by atoms with Gasteiger partial charge in [0.05, 0.1) is 12.6 Å². The third-order valence-electron chi connectivity index (χ3n) is 6.62. The predicted molar refractivity (Wildman–Crippen MR) is 143 cm³/mol. The van der Waals surface area contributed by atoms with E-state index in [-0.39, 0.29) is 11.7 Å². The highest BCUT2D eigenvalue weighted by molar-refractivity contribution is 6.31. The number of amides is 1. The highest BCUT2D eigenvalue weighted by Gasteiger charge is 2.42. The number of pyridine rings is 1. The number of carbonyl (C=O) groups is 1. The minimum Gasteiger partial charge on any atom is -0.507 e. The number of nitrogens with one attached hydrogen (secondary N) is 1. The van der Waals surface area contributed by atoms with Crippen LogP contribution in [-0.4, -0.2) is 37.7 Å². The Hall–Kier alpha value is -3.84. The molecule has 3 heterocycles. The number of nitrogens with zero attached hydrogens (tertiary/aromatic N) is 3. The monoisotopic (exact) mass is 516 g/mol. The van der Waals surface area contributed by atoms with Gasteiger partial charge in [-0.2, -0.15) is 5.10 Å². The Morgan fingerprint density at radius 3 is 2.70 bits per heavy atom. The average molecular weight is 517 g/mol. The molecule has 2 N–H and O–H groups in total. The number of phenols is 1. The van der Waals surface area contributed by atoms with Crippen LogP contribution in [0.2, 0.25) is 5.02 Å². The van der Waals surface area contributed by atoms with Crippen molar-refractivity contribution >= 4 is 17.5 Å². The highest BCUT2D eigenvalue weighted by atomic mass is 35.5. The molecule has 8 heteroatoms.